The highest BCUT2D eigenvalue weighted by Gasteiger charge is 2.07. The van der Waals surface area contributed by atoms with E-state index in [0.717, 1.165) is 15.8 Å². The Hall–Kier alpha value is -1.06. The van der Waals surface area contributed by atoms with E-state index in [9.17, 15) is 0 Å². The molecule has 19 heavy (non-hydrogen) atoms. The lowest BCUT2D eigenvalue weighted by Gasteiger charge is -2.15. The maximum absolute atomic E-state index is 5.49. The Kier molecular flexibility index (Phi) is 7.53. The molecule has 5 heteroatoms. The van der Waals surface area contributed by atoms with Crippen LogP contribution in [0.1, 0.15) is 5.56 Å². The summed E-state index contributed by atoms with van der Waals surface area (Å²) >= 11 is 3.44. The van der Waals surface area contributed by atoms with E-state index < -0.39 is 0 Å². The van der Waals surface area contributed by atoms with Crippen LogP contribution < -0.4 is 10.1 Å². The van der Waals surface area contributed by atoms with Crippen LogP contribution in [0.25, 0.3) is 0 Å². The Bertz CT molecular complexity index is 427. The van der Waals surface area contributed by atoms with Crippen molar-refractivity contribution in [1.82, 2.24) is 5.32 Å². The van der Waals surface area contributed by atoms with Gasteiger partial charge in [0.25, 0.3) is 0 Å². The zero-order chi connectivity index (χ0) is 14.1. The van der Waals surface area contributed by atoms with Crippen molar-refractivity contribution in [3.8, 4) is 18.1 Å². The minimum absolute atomic E-state index is 0.257. The molecule has 1 N–H and O–H groups in total. The Labute approximate surface area is 122 Å². The molecule has 0 spiro atoms. The van der Waals surface area contributed by atoms with Crippen LogP contribution in [0, 0.1) is 12.3 Å². The minimum atomic E-state index is -0.262. The van der Waals surface area contributed by atoms with Gasteiger partial charge in [0.15, 0.2) is 6.29 Å². The number of nitrogens with one attached hydrogen (secondary N) is 1. The highest BCUT2D eigenvalue weighted by molar-refractivity contribution is 9.10. The van der Waals surface area contributed by atoms with E-state index in [1.54, 1.807) is 14.2 Å². The second-order valence-electron chi connectivity index (χ2n) is 3.78. The van der Waals surface area contributed by atoms with Gasteiger partial charge in [-0.2, -0.15) is 0 Å². The number of hydrogen-bond acceptors (Lipinski definition) is 4. The topological polar surface area (TPSA) is 39.7 Å². The monoisotopic (exact) mass is 327 g/mol. The molecule has 0 saturated carbocycles. The third-order valence-corrected chi connectivity index (χ3v) is 2.98. The SMILES string of the molecule is C#CCOc1ccc(Br)cc1CNCC(OC)OC. The summed E-state index contributed by atoms with van der Waals surface area (Å²) in [5.74, 6) is 3.23. The van der Waals surface area contributed by atoms with Crippen molar-refractivity contribution < 1.29 is 14.2 Å². The van der Waals surface area contributed by atoms with Gasteiger partial charge in [-0.3, -0.25) is 0 Å². The summed E-state index contributed by atoms with van der Waals surface area (Å²) in [7, 11) is 3.22. The molecular weight excluding hydrogens is 310 g/mol. The number of terminal acetylenes is 1. The Balaban J connectivity index is 2.60. The van der Waals surface area contributed by atoms with Crippen LogP contribution in [0.5, 0.6) is 5.75 Å². The van der Waals surface area contributed by atoms with Gasteiger partial charge in [0.2, 0.25) is 0 Å². The van der Waals surface area contributed by atoms with E-state index >= 15 is 0 Å². The summed E-state index contributed by atoms with van der Waals surface area (Å²) in [6, 6.07) is 5.80. The molecular formula is C14H18BrNO3. The second kappa shape index (κ2) is 8.94. The molecule has 1 aromatic carbocycles. The predicted molar refractivity (Wildman–Crippen MR) is 78.0 cm³/mol. The minimum Gasteiger partial charge on any atom is -0.481 e. The first-order chi connectivity index (χ1) is 9.21. The Morgan fingerprint density at radius 3 is 2.74 bits per heavy atom. The number of benzene rings is 1. The molecule has 104 valence electrons. The molecule has 0 saturated heterocycles. The van der Waals surface area contributed by atoms with Crippen molar-refractivity contribution in [3.05, 3.63) is 28.2 Å². The van der Waals surface area contributed by atoms with Gasteiger partial charge in [-0.1, -0.05) is 21.9 Å². The fraction of sp³-hybridized carbons (Fsp3) is 0.429. The smallest absolute Gasteiger partial charge is 0.169 e. The fourth-order valence-corrected chi connectivity index (χ4v) is 1.94. The van der Waals surface area contributed by atoms with E-state index in [1.165, 1.54) is 0 Å². The quantitative estimate of drug-likeness (QED) is 0.586. The van der Waals surface area contributed by atoms with Gasteiger partial charge in [-0.05, 0) is 18.2 Å². The average Bonchev–Trinajstić information content (AvgIpc) is 2.42. The van der Waals surface area contributed by atoms with E-state index in [4.69, 9.17) is 20.6 Å². The molecule has 0 fully saturated rings. The van der Waals surface area contributed by atoms with Crippen LogP contribution >= 0.6 is 15.9 Å². The molecule has 0 atom stereocenters. The first-order valence-electron chi connectivity index (χ1n) is 5.82. The molecule has 0 aliphatic heterocycles. The van der Waals surface area contributed by atoms with Gasteiger partial charge in [0.05, 0.1) is 0 Å². The van der Waals surface area contributed by atoms with Crippen LogP contribution in [0.15, 0.2) is 22.7 Å². The van der Waals surface area contributed by atoms with Crippen LogP contribution in [0.4, 0.5) is 0 Å². The van der Waals surface area contributed by atoms with Crippen molar-refractivity contribution in [2.24, 2.45) is 0 Å². The third kappa shape index (κ3) is 5.62. The molecule has 4 nitrogen and oxygen atoms in total. The van der Waals surface area contributed by atoms with Crippen molar-refractivity contribution in [2.75, 3.05) is 27.4 Å². The van der Waals surface area contributed by atoms with Crippen LogP contribution in [-0.4, -0.2) is 33.7 Å². The average molecular weight is 328 g/mol. The van der Waals surface area contributed by atoms with Crippen molar-refractivity contribution >= 4 is 15.9 Å². The summed E-state index contributed by atoms with van der Waals surface area (Å²) in [6.07, 6.45) is 4.94. The largest absolute Gasteiger partial charge is 0.481 e. The fourth-order valence-electron chi connectivity index (χ4n) is 1.53. The van der Waals surface area contributed by atoms with Gasteiger partial charge >= 0.3 is 0 Å². The van der Waals surface area contributed by atoms with Crippen LogP contribution in [0.2, 0.25) is 0 Å². The Morgan fingerprint density at radius 1 is 1.37 bits per heavy atom. The van der Waals surface area contributed by atoms with E-state index in [0.29, 0.717) is 13.1 Å². The van der Waals surface area contributed by atoms with Gasteiger partial charge < -0.3 is 19.5 Å². The molecule has 0 radical (unpaired) electrons. The third-order valence-electron chi connectivity index (χ3n) is 2.49. The van der Waals surface area contributed by atoms with Crippen LogP contribution in [-0.2, 0) is 16.0 Å². The van der Waals surface area contributed by atoms with E-state index in [2.05, 4.69) is 27.2 Å². The van der Waals surface area contributed by atoms with E-state index in [1.807, 2.05) is 18.2 Å². The highest BCUT2D eigenvalue weighted by atomic mass is 79.9. The van der Waals surface area contributed by atoms with Gasteiger partial charge in [0, 0.05) is 37.3 Å². The van der Waals surface area contributed by atoms with Crippen molar-refractivity contribution in [2.45, 2.75) is 12.8 Å². The molecule has 0 bridgehead atoms. The first kappa shape index (κ1) is 16.0. The summed E-state index contributed by atoms with van der Waals surface area (Å²) in [5, 5.41) is 3.25. The number of ether oxygens (including phenoxy) is 3. The van der Waals surface area contributed by atoms with E-state index in [-0.39, 0.29) is 12.9 Å². The van der Waals surface area contributed by atoms with Gasteiger partial charge in [0.1, 0.15) is 12.4 Å². The lowest BCUT2D eigenvalue weighted by atomic mass is 10.2. The maximum atomic E-state index is 5.49. The number of hydrogen-bond donors (Lipinski definition) is 1. The molecule has 0 aliphatic rings. The van der Waals surface area contributed by atoms with Crippen molar-refractivity contribution in [1.29, 1.82) is 0 Å². The number of methoxy groups -OCH3 is 2. The van der Waals surface area contributed by atoms with Crippen molar-refractivity contribution in [3.63, 3.8) is 0 Å². The molecule has 1 aromatic rings. The van der Waals surface area contributed by atoms with Crippen LogP contribution in [0.3, 0.4) is 0 Å². The predicted octanol–water partition coefficient (Wildman–Crippen LogP) is 2.17. The maximum Gasteiger partial charge on any atom is 0.169 e. The number of halogens is 1. The zero-order valence-electron chi connectivity index (χ0n) is 11.1. The molecule has 1 rings (SSSR count). The molecule has 0 unspecified atom stereocenters. The summed E-state index contributed by atoms with van der Waals surface area (Å²) in [5.41, 5.74) is 1.02. The van der Waals surface area contributed by atoms with Gasteiger partial charge in [-0.25, -0.2) is 0 Å². The molecule has 0 aromatic heterocycles. The highest BCUT2D eigenvalue weighted by Crippen LogP contribution is 2.23. The normalized spacial score (nSPS) is 10.5. The summed E-state index contributed by atoms with van der Waals surface area (Å²) in [6.45, 7) is 1.49. The lowest BCUT2D eigenvalue weighted by Crippen LogP contribution is -2.29. The lowest BCUT2D eigenvalue weighted by molar-refractivity contribution is -0.0989. The molecule has 0 heterocycles. The second-order valence-corrected chi connectivity index (χ2v) is 4.69. The number of rotatable bonds is 8. The summed E-state index contributed by atoms with van der Waals surface area (Å²) in [4.78, 5) is 0. The standard InChI is InChI=1S/C14H18BrNO3/c1-4-7-19-13-6-5-12(15)8-11(13)9-16-10-14(17-2)18-3/h1,5-6,8,14,16H,7,9-10H2,2-3H3. The molecule has 0 aliphatic carbocycles. The Morgan fingerprint density at radius 2 is 2.11 bits per heavy atom. The zero-order valence-corrected chi connectivity index (χ0v) is 12.7. The van der Waals surface area contributed by atoms with Gasteiger partial charge in [-0.15, -0.1) is 6.42 Å². The first-order valence-corrected chi connectivity index (χ1v) is 6.61. The molecule has 0 amide bonds. The summed E-state index contributed by atoms with van der Waals surface area (Å²) < 4.78 is 16.7.